The molecule has 6 nitrogen and oxygen atoms in total. The van der Waals surface area contributed by atoms with Crippen molar-refractivity contribution >= 4 is 11.8 Å². The van der Waals surface area contributed by atoms with E-state index in [2.05, 4.69) is 10.6 Å². The molecular weight excluding hydrogens is 268 g/mol. The number of carbonyl (C=O) groups excluding carboxylic acids is 2. The Morgan fingerprint density at radius 3 is 2.52 bits per heavy atom. The largest absolute Gasteiger partial charge is 0.338 e. The molecule has 2 saturated heterocycles. The van der Waals surface area contributed by atoms with Gasteiger partial charge in [0, 0.05) is 6.54 Å². The van der Waals surface area contributed by atoms with Crippen LogP contribution >= 0.6 is 0 Å². The Balaban J connectivity index is 1.91. The molecule has 2 aliphatic rings. The molecule has 0 radical (unpaired) electrons. The molecule has 6 heteroatoms. The Labute approximate surface area is 122 Å². The summed E-state index contributed by atoms with van der Waals surface area (Å²) >= 11 is 0. The van der Waals surface area contributed by atoms with Crippen LogP contribution in [0.1, 0.15) is 18.9 Å². The van der Waals surface area contributed by atoms with Crippen LogP contribution in [0.4, 0.5) is 0 Å². The summed E-state index contributed by atoms with van der Waals surface area (Å²) in [6, 6.07) is 9.15. The quantitative estimate of drug-likeness (QED) is 0.715. The highest BCUT2D eigenvalue weighted by molar-refractivity contribution is 6.03. The van der Waals surface area contributed by atoms with Crippen LogP contribution in [0.3, 0.4) is 0 Å². The molecule has 1 aromatic rings. The van der Waals surface area contributed by atoms with Gasteiger partial charge < -0.3 is 15.5 Å². The smallest absolute Gasteiger partial charge is 0.251 e. The molecule has 1 aromatic carbocycles. The summed E-state index contributed by atoms with van der Waals surface area (Å²) in [7, 11) is 0. The first-order chi connectivity index (χ1) is 10.00. The van der Waals surface area contributed by atoms with Crippen molar-refractivity contribution in [3.63, 3.8) is 0 Å². The molecule has 21 heavy (non-hydrogen) atoms. The Hall–Kier alpha value is -2.55. The monoisotopic (exact) mass is 284 g/mol. The van der Waals surface area contributed by atoms with Crippen LogP contribution in [0.2, 0.25) is 0 Å². The van der Waals surface area contributed by atoms with Crippen LogP contribution in [0.5, 0.6) is 0 Å². The zero-order valence-electron chi connectivity index (χ0n) is 11.7. The topological polar surface area (TPSA) is 85.2 Å². The number of hydrogen-bond acceptors (Lipinski definition) is 4. The van der Waals surface area contributed by atoms with E-state index in [1.165, 1.54) is 4.90 Å². The Morgan fingerprint density at radius 1 is 1.19 bits per heavy atom. The third-order valence-corrected chi connectivity index (χ3v) is 4.37. The lowest BCUT2D eigenvalue weighted by Crippen LogP contribution is -2.73. The maximum Gasteiger partial charge on any atom is 0.251 e. The molecule has 3 rings (SSSR count). The highest BCUT2D eigenvalue weighted by Gasteiger charge is 2.55. The summed E-state index contributed by atoms with van der Waals surface area (Å²) in [6.45, 7) is 2.40. The molecule has 1 spiro atoms. The number of amides is 2. The number of piperazine rings is 1. The summed E-state index contributed by atoms with van der Waals surface area (Å²) in [4.78, 5) is 26.6. The minimum absolute atomic E-state index is 0.228. The minimum Gasteiger partial charge on any atom is -0.338 e. The van der Waals surface area contributed by atoms with Crippen LogP contribution in [0.15, 0.2) is 30.3 Å². The van der Waals surface area contributed by atoms with Gasteiger partial charge in [-0.25, -0.2) is 0 Å². The lowest BCUT2D eigenvalue weighted by molar-refractivity contribution is -0.145. The zero-order chi connectivity index (χ0) is 15.1. The predicted molar refractivity (Wildman–Crippen MR) is 74.6 cm³/mol. The molecular formula is C15H16N4O2. The van der Waals surface area contributed by atoms with Crippen LogP contribution in [0, 0.1) is 11.5 Å². The number of nitrogens with zero attached hydrogens (tertiary/aromatic N) is 2. The third-order valence-electron chi connectivity index (χ3n) is 4.37. The van der Waals surface area contributed by atoms with Crippen molar-refractivity contribution < 1.29 is 9.59 Å². The Kier molecular flexibility index (Phi) is 2.87. The lowest BCUT2D eigenvalue weighted by atomic mass is 9.83. The van der Waals surface area contributed by atoms with E-state index in [9.17, 15) is 9.59 Å². The second-order valence-electron chi connectivity index (χ2n) is 5.75. The molecule has 0 bridgehead atoms. The van der Waals surface area contributed by atoms with Gasteiger partial charge in [0.1, 0.15) is 11.1 Å². The minimum atomic E-state index is -1.08. The van der Waals surface area contributed by atoms with E-state index in [4.69, 9.17) is 5.26 Å². The molecule has 2 aliphatic heterocycles. The normalized spacial score (nSPS) is 31.7. The van der Waals surface area contributed by atoms with Crippen molar-refractivity contribution in [2.75, 3.05) is 13.1 Å². The summed E-state index contributed by atoms with van der Waals surface area (Å²) in [5.74, 6) is -0.473. The van der Waals surface area contributed by atoms with Gasteiger partial charge in [-0.3, -0.25) is 9.59 Å². The van der Waals surface area contributed by atoms with E-state index < -0.39 is 11.1 Å². The SMILES string of the molecule is CC1(c2ccccc2)NC(=O)C2(CCN(C#N)C2)NC1=O. The Morgan fingerprint density at radius 2 is 1.90 bits per heavy atom. The van der Waals surface area contributed by atoms with E-state index >= 15 is 0 Å². The molecule has 2 unspecified atom stereocenters. The number of hydrogen-bond donors (Lipinski definition) is 2. The highest BCUT2D eigenvalue weighted by atomic mass is 16.2. The molecule has 0 aromatic heterocycles. The highest BCUT2D eigenvalue weighted by Crippen LogP contribution is 2.31. The Bertz CT molecular complexity index is 639. The van der Waals surface area contributed by atoms with Crippen LogP contribution < -0.4 is 10.6 Å². The van der Waals surface area contributed by atoms with Gasteiger partial charge in [0.25, 0.3) is 5.91 Å². The van der Waals surface area contributed by atoms with Crippen LogP contribution in [-0.4, -0.2) is 35.3 Å². The van der Waals surface area contributed by atoms with Gasteiger partial charge in [0.05, 0.1) is 6.54 Å². The predicted octanol–water partition coefficient (Wildman–Crippen LogP) is 0.0734. The maximum atomic E-state index is 12.6. The van der Waals surface area contributed by atoms with Gasteiger partial charge in [-0.1, -0.05) is 30.3 Å². The maximum absolute atomic E-state index is 12.6. The summed E-state index contributed by atoms with van der Waals surface area (Å²) in [5.41, 5.74) is -1.33. The number of likely N-dealkylation sites (tertiary alicyclic amines) is 1. The van der Waals surface area contributed by atoms with E-state index in [0.29, 0.717) is 13.0 Å². The van der Waals surface area contributed by atoms with Crippen molar-refractivity contribution in [1.29, 1.82) is 5.26 Å². The first-order valence-electron chi connectivity index (χ1n) is 6.86. The van der Waals surface area contributed by atoms with E-state index in [1.807, 2.05) is 36.5 Å². The number of carbonyl (C=O) groups is 2. The standard InChI is InChI=1S/C15H16N4O2/c1-14(11-5-3-2-4-6-11)12(20)18-15(13(21)17-14)7-8-19(9-15)10-16/h2-6H,7-9H2,1H3,(H,17,21)(H,18,20). The van der Waals surface area contributed by atoms with Crippen LogP contribution in [-0.2, 0) is 15.1 Å². The van der Waals surface area contributed by atoms with E-state index in [-0.39, 0.29) is 18.4 Å². The van der Waals surface area contributed by atoms with Gasteiger partial charge >= 0.3 is 0 Å². The molecule has 108 valence electrons. The average Bonchev–Trinajstić information content (AvgIpc) is 2.91. The van der Waals surface area contributed by atoms with Gasteiger partial charge in [-0.15, -0.1) is 0 Å². The van der Waals surface area contributed by atoms with Gasteiger partial charge in [0.2, 0.25) is 5.91 Å². The lowest BCUT2D eigenvalue weighted by Gasteiger charge is -2.42. The van der Waals surface area contributed by atoms with Crippen molar-refractivity contribution in [3.05, 3.63) is 35.9 Å². The van der Waals surface area contributed by atoms with E-state index in [1.54, 1.807) is 6.92 Å². The molecule has 2 amide bonds. The number of nitriles is 1. The molecule has 2 atom stereocenters. The number of rotatable bonds is 1. The summed E-state index contributed by atoms with van der Waals surface area (Å²) in [6.07, 6.45) is 2.47. The fourth-order valence-corrected chi connectivity index (χ4v) is 2.96. The molecule has 0 saturated carbocycles. The fourth-order valence-electron chi connectivity index (χ4n) is 2.96. The number of nitrogens with one attached hydrogen (secondary N) is 2. The van der Waals surface area contributed by atoms with Crippen molar-refractivity contribution in [1.82, 2.24) is 15.5 Å². The summed E-state index contributed by atoms with van der Waals surface area (Å²) in [5, 5.41) is 14.6. The van der Waals surface area contributed by atoms with Gasteiger partial charge in [-0.2, -0.15) is 5.26 Å². The van der Waals surface area contributed by atoms with Crippen LogP contribution in [0.25, 0.3) is 0 Å². The first kappa shape index (κ1) is 13.4. The molecule has 2 heterocycles. The fraction of sp³-hybridized carbons (Fsp3) is 0.400. The van der Waals surface area contributed by atoms with Crippen molar-refractivity contribution in [3.8, 4) is 6.19 Å². The van der Waals surface area contributed by atoms with Crippen molar-refractivity contribution in [2.24, 2.45) is 0 Å². The van der Waals surface area contributed by atoms with Gasteiger partial charge in [-0.05, 0) is 18.9 Å². The molecule has 2 fully saturated rings. The third kappa shape index (κ3) is 1.93. The average molecular weight is 284 g/mol. The summed E-state index contributed by atoms with van der Waals surface area (Å²) < 4.78 is 0. The molecule has 0 aliphatic carbocycles. The van der Waals surface area contributed by atoms with Crippen molar-refractivity contribution in [2.45, 2.75) is 24.4 Å². The number of benzene rings is 1. The first-order valence-corrected chi connectivity index (χ1v) is 6.86. The zero-order valence-corrected chi connectivity index (χ0v) is 11.7. The second-order valence-corrected chi connectivity index (χ2v) is 5.75. The van der Waals surface area contributed by atoms with E-state index in [0.717, 1.165) is 5.56 Å². The second kappa shape index (κ2) is 4.48. The van der Waals surface area contributed by atoms with Gasteiger partial charge in [0.15, 0.2) is 6.19 Å². The molecule has 2 N–H and O–H groups in total.